The number of aliphatic hydroxyl groups is 1. The molecule has 1 aromatic rings. The number of carbonyl (C=O) groups is 1. The topological polar surface area (TPSA) is 90.4 Å². The summed E-state index contributed by atoms with van der Waals surface area (Å²) in [7, 11) is 1.36. The molecule has 0 radical (unpaired) electrons. The second-order valence-electron chi connectivity index (χ2n) is 4.68. The molecule has 0 aliphatic carbocycles. The lowest BCUT2D eigenvalue weighted by Gasteiger charge is -2.22. The van der Waals surface area contributed by atoms with Gasteiger partial charge in [0.2, 0.25) is 0 Å². The molecule has 0 bridgehead atoms. The molecule has 6 nitrogen and oxygen atoms in total. The Morgan fingerprint density at radius 1 is 1.61 bits per heavy atom. The van der Waals surface area contributed by atoms with E-state index in [-0.39, 0.29) is 12.6 Å². The predicted molar refractivity (Wildman–Crippen MR) is 66.7 cm³/mol. The van der Waals surface area contributed by atoms with Crippen molar-refractivity contribution in [2.75, 3.05) is 13.7 Å². The molecule has 1 aromatic heterocycles. The van der Waals surface area contributed by atoms with Gasteiger partial charge in [0.05, 0.1) is 31.8 Å². The van der Waals surface area contributed by atoms with Gasteiger partial charge in [0.15, 0.2) is 0 Å². The molecule has 0 aliphatic rings. The highest BCUT2D eigenvalue weighted by Crippen LogP contribution is 2.23. The fraction of sp³-hybridized carbons (Fsp3) is 0.667. The minimum absolute atomic E-state index is 0.193. The number of aromatic nitrogens is 2. The van der Waals surface area contributed by atoms with E-state index in [4.69, 9.17) is 15.6 Å². The standard InChI is InChI=1S/C12H21N3O3/c1-8(2)4-10(12(17)18-3)15-7-14-5-11(15)9(13)6-16/h5,7-10,16H,4,6,13H2,1-3H3. The molecule has 0 saturated carbocycles. The number of methoxy groups -OCH3 is 1. The molecule has 0 saturated heterocycles. The first-order valence-corrected chi connectivity index (χ1v) is 5.97. The first-order valence-electron chi connectivity index (χ1n) is 5.97. The van der Waals surface area contributed by atoms with E-state index >= 15 is 0 Å². The van der Waals surface area contributed by atoms with Crippen molar-refractivity contribution >= 4 is 5.97 Å². The largest absolute Gasteiger partial charge is 0.467 e. The van der Waals surface area contributed by atoms with Crippen molar-refractivity contribution in [2.24, 2.45) is 11.7 Å². The Balaban J connectivity index is 3.05. The number of ether oxygens (including phenoxy) is 1. The maximum absolute atomic E-state index is 11.8. The molecule has 102 valence electrons. The molecule has 2 unspecified atom stereocenters. The van der Waals surface area contributed by atoms with E-state index in [2.05, 4.69) is 4.98 Å². The Hall–Kier alpha value is -1.40. The lowest BCUT2D eigenvalue weighted by atomic mass is 10.0. The van der Waals surface area contributed by atoms with Crippen LogP contribution >= 0.6 is 0 Å². The number of hydrogen-bond acceptors (Lipinski definition) is 5. The van der Waals surface area contributed by atoms with E-state index in [0.29, 0.717) is 18.0 Å². The number of nitrogens with zero attached hydrogens (tertiary/aromatic N) is 2. The summed E-state index contributed by atoms with van der Waals surface area (Å²) in [5, 5.41) is 9.11. The Labute approximate surface area is 107 Å². The maximum Gasteiger partial charge on any atom is 0.328 e. The van der Waals surface area contributed by atoms with E-state index < -0.39 is 12.1 Å². The van der Waals surface area contributed by atoms with Crippen molar-refractivity contribution in [3.05, 3.63) is 18.2 Å². The molecule has 18 heavy (non-hydrogen) atoms. The molecule has 6 heteroatoms. The molecule has 0 amide bonds. The first-order chi connectivity index (χ1) is 8.51. The van der Waals surface area contributed by atoms with Gasteiger partial charge in [0, 0.05) is 6.20 Å². The molecule has 1 rings (SSSR count). The highest BCUT2D eigenvalue weighted by Gasteiger charge is 2.25. The summed E-state index contributed by atoms with van der Waals surface area (Å²) in [4.78, 5) is 15.8. The number of imidazole rings is 1. The third kappa shape index (κ3) is 3.30. The highest BCUT2D eigenvalue weighted by molar-refractivity contribution is 5.74. The Morgan fingerprint density at radius 3 is 2.78 bits per heavy atom. The Kier molecular flexibility index (Phi) is 5.30. The fourth-order valence-corrected chi connectivity index (χ4v) is 1.86. The Bertz CT molecular complexity index is 390. The van der Waals surface area contributed by atoms with Crippen LogP contribution < -0.4 is 5.73 Å². The van der Waals surface area contributed by atoms with E-state index in [9.17, 15) is 4.79 Å². The highest BCUT2D eigenvalue weighted by atomic mass is 16.5. The summed E-state index contributed by atoms with van der Waals surface area (Å²) in [6.45, 7) is 3.86. The van der Waals surface area contributed by atoms with Gasteiger partial charge in [-0.15, -0.1) is 0 Å². The minimum Gasteiger partial charge on any atom is -0.467 e. The van der Waals surface area contributed by atoms with Crippen molar-refractivity contribution in [3.63, 3.8) is 0 Å². The number of rotatable bonds is 6. The number of aliphatic hydroxyl groups excluding tert-OH is 1. The second-order valence-corrected chi connectivity index (χ2v) is 4.68. The normalized spacial score (nSPS) is 14.6. The van der Waals surface area contributed by atoms with Gasteiger partial charge in [-0.3, -0.25) is 0 Å². The summed E-state index contributed by atoms with van der Waals surface area (Å²) >= 11 is 0. The van der Waals surface area contributed by atoms with Gasteiger partial charge >= 0.3 is 5.97 Å². The quantitative estimate of drug-likeness (QED) is 0.728. The molecular formula is C12H21N3O3. The van der Waals surface area contributed by atoms with E-state index in [1.165, 1.54) is 7.11 Å². The number of esters is 1. The molecule has 0 spiro atoms. The van der Waals surface area contributed by atoms with Gasteiger partial charge in [-0.2, -0.15) is 0 Å². The van der Waals surface area contributed by atoms with Crippen LogP contribution in [0.25, 0.3) is 0 Å². The lowest BCUT2D eigenvalue weighted by molar-refractivity contribution is -0.145. The molecule has 1 heterocycles. The molecule has 2 atom stereocenters. The van der Waals surface area contributed by atoms with Gasteiger partial charge in [-0.25, -0.2) is 9.78 Å². The van der Waals surface area contributed by atoms with E-state index in [0.717, 1.165) is 0 Å². The van der Waals surface area contributed by atoms with E-state index in [1.807, 2.05) is 13.8 Å². The summed E-state index contributed by atoms with van der Waals surface area (Å²) in [6, 6.07) is -1.00. The zero-order valence-electron chi connectivity index (χ0n) is 11.0. The predicted octanol–water partition coefficient (Wildman–Crippen LogP) is 0.635. The third-order valence-corrected chi connectivity index (χ3v) is 2.78. The molecule has 0 aliphatic heterocycles. The SMILES string of the molecule is COC(=O)C(CC(C)C)n1cncc1C(N)CO. The smallest absolute Gasteiger partial charge is 0.328 e. The van der Waals surface area contributed by atoms with Crippen LogP contribution in [0.15, 0.2) is 12.5 Å². The average Bonchev–Trinajstić information content (AvgIpc) is 2.82. The monoisotopic (exact) mass is 255 g/mol. The Morgan fingerprint density at radius 2 is 2.28 bits per heavy atom. The van der Waals surface area contributed by atoms with Gasteiger partial charge in [-0.05, 0) is 12.3 Å². The van der Waals surface area contributed by atoms with Crippen LogP contribution in [-0.4, -0.2) is 34.3 Å². The van der Waals surface area contributed by atoms with Crippen LogP contribution in [0.2, 0.25) is 0 Å². The maximum atomic E-state index is 11.8. The van der Waals surface area contributed by atoms with Crippen molar-refractivity contribution < 1.29 is 14.6 Å². The van der Waals surface area contributed by atoms with Crippen molar-refractivity contribution in [1.29, 1.82) is 0 Å². The molecular weight excluding hydrogens is 234 g/mol. The van der Waals surface area contributed by atoms with Crippen molar-refractivity contribution in [2.45, 2.75) is 32.4 Å². The van der Waals surface area contributed by atoms with Gasteiger partial charge in [0.1, 0.15) is 6.04 Å². The van der Waals surface area contributed by atoms with Crippen molar-refractivity contribution in [1.82, 2.24) is 9.55 Å². The zero-order valence-corrected chi connectivity index (χ0v) is 11.0. The van der Waals surface area contributed by atoms with Crippen LogP contribution in [0.1, 0.15) is 38.0 Å². The third-order valence-electron chi connectivity index (χ3n) is 2.78. The van der Waals surface area contributed by atoms with Gasteiger partial charge < -0.3 is 20.1 Å². The number of hydrogen-bond donors (Lipinski definition) is 2. The first kappa shape index (κ1) is 14.7. The summed E-state index contributed by atoms with van der Waals surface area (Å²) < 4.78 is 6.50. The van der Waals surface area contributed by atoms with Gasteiger partial charge in [-0.1, -0.05) is 13.8 Å². The van der Waals surface area contributed by atoms with Crippen LogP contribution in [0, 0.1) is 5.92 Å². The van der Waals surface area contributed by atoms with Crippen LogP contribution in [-0.2, 0) is 9.53 Å². The molecule has 0 aromatic carbocycles. The summed E-state index contributed by atoms with van der Waals surface area (Å²) in [5.74, 6) is 0.00258. The van der Waals surface area contributed by atoms with Gasteiger partial charge in [0.25, 0.3) is 0 Å². The lowest BCUT2D eigenvalue weighted by Crippen LogP contribution is -2.27. The molecule has 0 fully saturated rings. The van der Waals surface area contributed by atoms with Crippen LogP contribution in [0.5, 0.6) is 0 Å². The zero-order chi connectivity index (χ0) is 13.7. The molecule has 3 N–H and O–H groups in total. The van der Waals surface area contributed by atoms with Crippen molar-refractivity contribution in [3.8, 4) is 0 Å². The summed E-state index contributed by atoms with van der Waals surface area (Å²) in [5.41, 5.74) is 6.42. The van der Waals surface area contributed by atoms with E-state index in [1.54, 1.807) is 17.1 Å². The average molecular weight is 255 g/mol. The second kappa shape index (κ2) is 6.51. The van der Waals surface area contributed by atoms with Crippen LogP contribution in [0.3, 0.4) is 0 Å². The number of carbonyl (C=O) groups excluding carboxylic acids is 1. The van der Waals surface area contributed by atoms with Crippen LogP contribution in [0.4, 0.5) is 0 Å². The summed E-state index contributed by atoms with van der Waals surface area (Å²) in [6.07, 6.45) is 3.75. The fourth-order valence-electron chi connectivity index (χ4n) is 1.86. The minimum atomic E-state index is -0.549. The number of nitrogens with two attached hydrogens (primary N) is 1.